The molecular formula is C23H21NO2. The smallest absolute Gasteiger partial charge is 0.238 e. The summed E-state index contributed by atoms with van der Waals surface area (Å²) in [4.78, 5) is 27.5. The SMILES string of the molecule is C=C[C@H]1C[C@@H](C=Cc2ccccc2)[C@@H]2C(=O)N(c3ccccc3)C(=O)[C@@H]21. The van der Waals surface area contributed by atoms with Gasteiger partial charge < -0.3 is 0 Å². The Kier molecular flexibility index (Phi) is 4.29. The Morgan fingerprint density at radius 3 is 2.04 bits per heavy atom. The van der Waals surface area contributed by atoms with Crippen molar-refractivity contribution < 1.29 is 9.59 Å². The Balaban J connectivity index is 1.66. The zero-order valence-electron chi connectivity index (χ0n) is 14.5. The maximum Gasteiger partial charge on any atom is 0.238 e. The van der Waals surface area contributed by atoms with E-state index in [0.717, 1.165) is 12.0 Å². The van der Waals surface area contributed by atoms with E-state index in [4.69, 9.17) is 0 Å². The monoisotopic (exact) mass is 343 g/mol. The lowest BCUT2D eigenvalue weighted by atomic mass is 9.89. The van der Waals surface area contributed by atoms with E-state index in [9.17, 15) is 9.59 Å². The van der Waals surface area contributed by atoms with Gasteiger partial charge in [0.2, 0.25) is 11.8 Å². The summed E-state index contributed by atoms with van der Waals surface area (Å²) in [6.07, 6.45) is 6.78. The summed E-state index contributed by atoms with van der Waals surface area (Å²) in [5, 5.41) is 0. The van der Waals surface area contributed by atoms with E-state index in [1.807, 2.05) is 66.7 Å². The first-order valence-electron chi connectivity index (χ1n) is 8.99. The minimum atomic E-state index is -0.300. The van der Waals surface area contributed by atoms with Crippen LogP contribution in [0.15, 0.2) is 79.4 Å². The number of nitrogens with zero attached hydrogens (tertiary/aromatic N) is 1. The number of para-hydroxylation sites is 1. The highest BCUT2D eigenvalue weighted by molar-refractivity contribution is 6.22. The third-order valence-electron chi connectivity index (χ3n) is 5.52. The third-order valence-corrected chi connectivity index (χ3v) is 5.52. The number of carbonyl (C=O) groups is 2. The number of benzene rings is 2. The molecule has 1 aliphatic heterocycles. The van der Waals surface area contributed by atoms with Crippen LogP contribution >= 0.6 is 0 Å². The number of hydrogen-bond donors (Lipinski definition) is 0. The first kappa shape index (κ1) is 16.5. The molecule has 0 N–H and O–H groups in total. The highest BCUT2D eigenvalue weighted by Gasteiger charge is 2.57. The number of fused-ring (bicyclic) bond motifs is 1. The minimum absolute atomic E-state index is 0.0376. The molecule has 130 valence electrons. The number of anilines is 1. The molecule has 4 rings (SSSR count). The number of imide groups is 1. The van der Waals surface area contributed by atoms with E-state index in [1.54, 1.807) is 0 Å². The van der Waals surface area contributed by atoms with Gasteiger partial charge in [0.25, 0.3) is 0 Å². The summed E-state index contributed by atoms with van der Waals surface area (Å²) in [5.74, 6) is -0.690. The van der Waals surface area contributed by atoms with Crippen molar-refractivity contribution in [1.82, 2.24) is 0 Å². The Morgan fingerprint density at radius 1 is 0.846 bits per heavy atom. The summed E-state index contributed by atoms with van der Waals surface area (Å²) < 4.78 is 0. The maximum absolute atomic E-state index is 13.1. The Morgan fingerprint density at radius 2 is 1.42 bits per heavy atom. The lowest BCUT2D eigenvalue weighted by molar-refractivity contribution is -0.123. The van der Waals surface area contributed by atoms with Gasteiger partial charge in [-0.25, -0.2) is 0 Å². The molecule has 0 aromatic heterocycles. The van der Waals surface area contributed by atoms with Gasteiger partial charge in [0.1, 0.15) is 0 Å². The van der Waals surface area contributed by atoms with Gasteiger partial charge in [0, 0.05) is 0 Å². The first-order valence-corrected chi connectivity index (χ1v) is 8.99. The fourth-order valence-electron chi connectivity index (χ4n) is 4.29. The van der Waals surface area contributed by atoms with Crippen molar-refractivity contribution in [3.8, 4) is 0 Å². The number of hydrogen-bond acceptors (Lipinski definition) is 2. The van der Waals surface area contributed by atoms with Gasteiger partial charge in [0.15, 0.2) is 0 Å². The van der Waals surface area contributed by atoms with Gasteiger partial charge in [-0.1, -0.05) is 66.8 Å². The zero-order chi connectivity index (χ0) is 18.1. The zero-order valence-corrected chi connectivity index (χ0v) is 14.5. The highest BCUT2D eigenvalue weighted by atomic mass is 16.2. The van der Waals surface area contributed by atoms with E-state index < -0.39 is 0 Å². The molecule has 2 aliphatic rings. The van der Waals surface area contributed by atoms with Crippen molar-refractivity contribution >= 4 is 23.6 Å². The lowest BCUT2D eigenvalue weighted by Gasteiger charge is -2.18. The van der Waals surface area contributed by atoms with Crippen molar-refractivity contribution in [1.29, 1.82) is 0 Å². The molecule has 3 heteroatoms. The summed E-state index contributed by atoms with van der Waals surface area (Å²) in [6, 6.07) is 19.2. The van der Waals surface area contributed by atoms with Crippen LogP contribution in [0.2, 0.25) is 0 Å². The molecule has 2 aromatic carbocycles. The molecule has 2 amide bonds. The predicted molar refractivity (Wildman–Crippen MR) is 103 cm³/mol. The Hall–Kier alpha value is -2.94. The maximum atomic E-state index is 13.1. The van der Waals surface area contributed by atoms with Crippen molar-refractivity contribution in [3.05, 3.63) is 85.0 Å². The molecular weight excluding hydrogens is 322 g/mol. The van der Waals surface area contributed by atoms with Crippen LogP contribution in [-0.2, 0) is 9.59 Å². The Bertz CT molecular complexity index is 856. The van der Waals surface area contributed by atoms with Gasteiger partial charge >= 0.3 is 0 Å². The molecule has 0 bridgehead atoms. The molecule has 26 heavy (non-hydrogen) atoms. The molecule has 0 unspecified atom stereocenters. The van der Waals surface area contributed by atoms with Gasteiger partial charge in [-0.2, -0.15) is 0 Å². The normalized spacial score (nSPS) is 27.9. The second kappa shape index (κ2) is 6.75. The highest BCUT2D eigenvalue weighted by Crippen LogP contribution is 2.49. The second-order valence-electron chi connectivity index (χ2n) is 6.97. The summed E-state index contributed by atoms with van der Waals surface area (Å²) >= 11 is 0. The molecule has 1 aliphatic carbocycles. The van der Waals surface area contributed by atoms with Gasteiger partial charge in [0.05, 0.1) is 17.5 Å². The average Bonchev–Trinajstić information content (AvgIpc) is 3.18. The minimum Gasteiger partial charge on any atom is -0.274 e. The summed E-state index contributed by atoms with van der Waals surface area (Å²) in [5.41, 5.74) is 1.76. The molecule has 0 radical (unpaired) electrons. The molecule has 1 saturated heterocycles. The fourth-order valence-corrected chi connectivity index (χ4v) is 4.29. The van der Waals surface area contributed by atoms with Crippen LogP contribution in [0.25, 0.3) is 6.08 Å². The number of carbonyl (C=O) groups excluding carboxylic acids is 2. The van der Waals surface area contributed by atoms with Gasteiger partial charge in [-0.3, -0.25) is 14.5 Å². The van der Waals surface area contributed by atoms with Gasteiger partial charge in [-0.15, -0.1) is 6.58 Å². The van der Waals surface area contributed by atoms with E-state index >= 15 is 0 Å². The largest absolute Gasteiger partial charge is 0.274 e. The van der Waals surface area contributed by atoms with E-state index in [1.165, 1.54) is 4.90 Å². The van der Waals surface area contributed by atoms with Crippen LogP contribution in [0.1, 0.15) is 12.0 Å². The molecule has 4 atom stereocenters. The molecule has 1 heterocycles. The molecule has 3 nitrogen and oxygen atoms in total. The topological polar surface area (TPSA) is 37.4 Å². The van der Waals surface area contributed by atoms with Crippen molar-refractivity contribution in [2.75, 3.05) is 4.90 Å². The first-order chi connectivity index (χ1) is 12.7. The van der Waals surface area contributed by atoms with Crippen LogP contribution in [0.5, 0.6) is 0 Å². The van der Waals surface area contributed by atoms with E-state index in [-0.39, 0.29) is 35.5 Å². The number of rotatable bonds is 4. The molecule has 1 saturated carbocycles. The number of amides is 2. The standard InChI is InChI=1S/C23H21NO2/c1-2-17-15-18(14-13-16-9-5-3-6-10-16)21-20(17)22(25)24(23(21)26)19-11-7-4-8-12-19/h2-14,17-18,20-21H,1,15H2/t17-,18+,20+,21-/m0/s1. The average molecular weight is 343 g/mol. The van der Waals surface area contributed by atoms with Crippen molar-refractivity contribution in [3.63, 3.8) is 0 Å². The molecule has 0 spiro atoms. The van der Waals surface area contributed by atoms with Crippen LogP contribution in [0, 0.1) is 23.7 Å². The second-order valence-corrected chi connectivity index (χ2v) is 6.97. The van der Waals surface area contributed by atoms with Crippen LogP contribution < -0.4 is 4.90 Å². The number of allylic oxidation sites excluding steroid dienone is 2. The predicted octanol–water partition coefficient (Wildman–Crippen LogP) is 4.33. The third kappa shape index (κ3) is 2.70. The quantitative estimate of drug-likeness (QED) is 0.612. The van der Waals surface area contributed by atoms with Crippen LogP contribution in [0.4, 0.5) is 5.69 Å². The van der Waals surface area contributed by atoms with Crippen LogP contribution in [-0.4, -0.2) is 11.8 Å². The molecule has 2 fully saturated rings. The van der Waals surface area contributed by atoms with Crippen LogP contribution in [0.3, 0.4) is 0 Å². The van der Waals surface area contributed by atoms with E-state index in [0.29, 0.717) is 5.69 Å². The van der Waals surface area contributed by atoms with E-state index in [2.05, 4.69) is 18.7 Å². The summed E-state index contributed by atoms with van der Waals surface area (Å²) in [6.45, 7) is 3.91. The van der Waals surface area contributed by atoms with Crippen molar-refractivity contribution in [2.24, 2.45) is 23.7 Å². The van der Waals surface area contributed by atoms with Crippen molar-refractivity contribution in [2.45, 2.75) is 6.42 Å². The molecule has 2 aromatic rings. The lowest BCUT2D eigenvalue weighted by Crippen LogP contribution is -2.33. The Labute approximate surface area is 153 Å². The summed E-state index contributed by atoms with van der Waals surface area (Å²) in [7, 11) is 0. The fraction of sp³-hybridized carbons (Fsp3) is 0.217. The van der Waals surface area contributed by atoms with Gasteiger partial charge in [-0.05, 0) is 36.0 Å².